The lowest BCUT2D eigenvalue weighted by molar-refractivity contribution is 1.25. The van der Waals surface area contributed by atoms with E-state index in [4.69, 9.17) is 0 Å². The fourth-order valence-electron chi connectivity index (χ4n) is 1.81. The summed E-state index contributed by atoms with van der Waals surface area (Å²) in [6.07, 6.45) is 13.3. The summed E-state index contributed by atoms with van der Waals surface area (Å²) in [7, 11) is 0. The predicted octanol–water partition coefficient (Wildman–Crippen LogP) is 3.90. The lowest BCUT2D eigenvalue weighted by atomic mass is 10.0. The van der Waals surface area contributed by atoms with Gasteiger partial charge in [0.2, 0.25) is 0 Å². The molecular weight excluding hydrogens is 168 g/mol. The van der Waals surface area contributed by atoms with Gasteiger partial charge >= 0.3 is 0 Å². The number of rotatable bonds is 1. The molecule has 0 fully saturated rings. The van der Waals surface area contributed by atoms with Crippen molar-refractivity contribution in [3.8, 4) is 0 Å². The largest absolute Gasteiger partial charge is 0.0801 e. The zero-order valence-corrected chi connectivity index (χ0v) is 9.02. The minimum absolute atomic E-state index is 1.07. The average molecular weight is 183 g/mol. The van der Waals surface area contributed by atoms with Crippen LogP contribution in [0, 0.1) is 6.08 Å². The molecule has 0 heteroatoms. The van der Waals surface area contributed by atoms with Gasteiger partial charge in [0.05, 0.1) is 0 Å². The van der Waals surface area contributed by atoms with Crippen LogP contribution in [-0.2, 0) is 0 Å². The SMILES string of the molecule is CC1=[C]C(=C(C)C)C=C1C1=CC=CC1. The molecule has 0 bridgehead atoms. The average Bonchev–Trinajstić information content (AvgIpc) is 2.71. The van der Waals surface area contributed by atoms with Crippen LogP contribution in [0.25, 0.3) is 0 Å². The lowest BCUT2D eigenvalue weighted by Crippen LogP contribution is -1.84. The minimum Gasteiger partial charge on any atom is -0.0801 e. The van der Waals surface area contributed by atoms with Gasteiger partial charge in [-0.25, -0.2) is 0 Å². The van der Waals surface area contributed by atoms with Gasteiger partial charge in [-0.3, -0.25) is 0 Å². The Bertz CT molecular complexity index is 405. The van der Waals surface area contributed by atoms with Crippen molar-refractivity contribution in [1.29, 1.82) is 0 Å². The van der Waals surface area contributed by atoms with E-state index in [0.717, 1.165) is 6.42 Å². The number of hydrogen-bond acceptors (Lipinski definition) is 0. The van der Waals surface area contributed by atoms with Crippen LogP contribution in [0.15, 0.2) is 52.2 Å². The molecular formula is C14H15. The molecule has 0 heterocycles. The van der Waals surface area contributed by atoms with Crippen molar-refractivity contribution in [2.75, 3.05) is 0 Å². The van der Waals surface area contributed by atoms with E-state index in [9.17, 15) is 0 Å². The summed E-state index contributed by atoms with van der Waals surface area (Å²) >= 11 is 0. The third-order valence-corrected chi connectivity index (χ3v) is 2.67. The summed E-state index contributed by atoms with van der Waals surface area (Å²) in [5, 5.41) is 0. The Hall–Kier alpha value is -1.30. The van der Waals surface area contributed by atoms with E-state index in [1.807, 2.05) is 0 Å². The van der Waals surface area contributed by atoms with Crippen molar-refractivity contribution in [2.24, 2.45) is 0 Å². The second-order valence-corrected chi connectivity index (χ2v) is 4.05. The summed E-state index contributed by atoms with van der Waals surface area (Å²) in [6, 6.07) is 0. The monoisotopic (exact) mass is 183 g/mol. The molecule has 0 aromatic heterocycles. The van der Waals surface area contributed by atoms with E-state index in [0.29, 0.717) is 0 Å². The third-order valence-electron chi connectivity index (χ3n) is 2.67. The normalized spacial score (nSPS) is 19.6. The molecule has 2 rings (SSSR count). The fourth-order valence-corrected chi connectivity index (χ4v) is 1.81. The van der Waals surface area contributed by atoms with Crippen molar-refractivity contribution in [3.63, 3.8) is 0 Å². The first-order valence-electron chi connectivity index (χ1n) is 5.04. The van der Waals surface area contributed by atoms with Gasteiger partial charge < -0.3 is 0 Å². The first-order valence-corrected chi connectivity index (χ1v) is 5.04. The summed E-state index contributed by atoms with van der Waals surface area (Å²) in [6.45, 7) is 6.41. The Morgan fingerprint density at radius 2 is 2.14 bits per heavy atom. The Labute approximate surface area is 86.0 Å². The maximum Gasteiger partial charge on any atom is -0.00676 e. The Morgan fingerprint density at radius 1 is 1.36 bits per heavy atom. The molecule has 0 nitrogen and oxygen atoms in total. The molecule has 0 saturated carbocycles. The summed E-state index contributed by atoms with van der Waals surface area (Å²) < 4.78 is 0. The highest BCUT2D eigenvalue weighted by molar-refractivity contribution is 5.59. The van der Waals surface area contributed by atoms with Gasteiger partial charge in [0.25, 0.3) is 0 Å². The molecule has 1 radical (unpaired) electrons. The van der Waals surface area contributed by atoms with Crippen LogP contribution >= 0.6 is 0 Å². The zero-order valence-electron chi connectivity index (χ0n) is 9.02. The van der Waals surface area contributed by atoms with E-state index in [-0.39, 0.29) is 0 Å². The van der Waals surface area contributed by atoms with Crippen molar-refractivity contribution < 1.29 is 0 Å². The van der Waals surface area contributed by atoms with Crippen molar-refractivity contribution in [3.05, 3.63) is 58.2 Å². The van der Waals surface area contributed by atoms with E-state index >= 15 is 0 Å². The van der Waals surface area contributed by atoms with Gasteiger partial charge in [-0.2, -0.15) is 0 Å². The molecule has 2 aliphatic carbocycles. The first kappa shape index (κ1) is 9.26. The molecule has 0 amide bonds. The molecule has 0 N–H and O–H groups in total. The Morgan fingerprint density at radius 3 is 2.64 bits per heavy atom. The van der Waals surface area contributed by atoms with E-state index in [1.54, 1.807) is 0 Å². The summed E-state index contributed by atoms with van der Waals surface area (Å²) in [4.78, 5) is 0. The Kier molecular flexibility index (Phi) is 2.28. The standard InChI is InChI=1S/C14H15/c1-10(2)13-8-11(3)14(9-13)12-6-4-5-7-12/h4-6,9H,7H2,1-3H3. The van der Waals surface area contributed by atoms with Crippen molar-refractivity contribution in [1.82, 2.24) is 0 Å². The van der Waals surface area contributed by atoms with E-state index < -0.39 is 0 Å². The molecule has 14 heavy (non-hydrogen) atoms. The summed E-state index contributed by atoms with van der Waals surface area (Å²) in [5.41, 5.74) is 6.66. The molecule has 0 atom stereocenters. The molecule has 0 aromatic carbocycles. The molecule has 0 spiro atoms. The van der Waals surface area contributed by atoms with Crippen LogP contribution in [-0.4, -0.2) is 0 Å². The van der Waals surface area contributed by atoms with Crippen LogP contribution in [0.3, 0.4) is 0 Å². The van der Waals surface area contributed by atoms with Gasteiger partial charge in [0.1, 0.15) is 0 Å². The lowest BCUT2D eigenvalue weighted by Gasteiger charge is -2.03. The van der Waals surface area contributed by atoms with Crippen LogP contribution in [0.2, 0.25) is 0 Å². The topological polar surface area (TPSA) is 0 Å². The second-order valence-electron chi connectivity index (χ2n) is 4.05. The highest BCUT2D eigenvalue weighted by Gasteiger charge is 2.14. The van der Waals surface area contributed by atoms with Crippen molar-refractivity contribution in [2.45, 2.75) is 27.2 Å². The third kappa shape index (κ3) is 1.52. The molecule has 2 aliphatic rings. The molecule has 71 valence electrons. The number of allylic oxidation sites excluding steroid dienone is 10. The summed E-state index contributed by atoms with van der Waals surface area (Å²) in [5.74, 6) is 0. The van der Waals surface area contributed by atoms with Crippen LogP contribution < -0.4 is 0 Å². The molecule has 0 saturated heterocycles. The molecule has 0 aromatic rings. The highest BCUT2D eigenvalue weighted by atomic mass is 14.2. The quantitative estimate of drug-likeness (QED) is 0.578. The van der Waals surface area contributed by atoms with Crippen LogP contribution in [0.4, 0.5) is 0 Å². The second kappa shape index (κ2) is 3.45. The van der Waals surface area contributed by atoms with E-state index in [1.165, 1.54) is 27.9 Å². The van der Waals surface area contributed by atoms with Crippen LogP contribution in [0.1, 0.15) is 27.2 Å². The van der Waals surface area contributed by atoms with Gasteiger partial charge in [0.15, 0.2) is 0 Å². The molecule has 0 unspecified atom stereocenters. The highest BCUT2D eigenvalue weighted by Crippen LogP contribution is 2.32. The smallest absolute Gasteiger partial charge is 0.00676 e. The Balaban J connectivity index is 2.36. The van der Waals surface area contributed by atoms with E-state index in [2.05, 4.69) is 51.2 Å². The number of hydrogen-bond donors (Lipinski definition) is 0. The van der Waals surface area contributed by atoms with Crippen LogP contribution in [0.5, 0.6) is 0 Å². The molecule has 0 aliphatic heterocycles. The van der Waals surface area contributed by atoms with Gasteiger partial charge in [-0.1, -0.05) is 23.8 Å². The maximum absolute atomic E-state index is 3.42. The van der Waals surface area contributed by atoms with Gasteiger partial charge in [-0.15, -0.1) is 0 Å². The van der Waals surface area contributed by atoms with Crippen molar-refractivity contribution >= 4 is 0 Å². The minimum atomic E-state index is 1.07. The zero-order chi connectivity index (χ0) is 10.1. The first-order chi connectivity index (χ1) is 6.68. The fraction of sp³-hybridized carbons (Fsp3) is 0.286. The van der Waals surface area contributed by atoms with Gasteiger partial charge in [0, 0.05) is 0 Å². The predicted molar refractivity (Wildman–Crippen MR) is 60.7 cm³/mol. The maximum atomic E-state index is 3.42. The van der Waals surface area contributed by atoms with Gasteiger partial charge in [-0.05, 0) is 61.6 Å².